The fourth-order valence-electron chi connectivity index (χ4n) is 2.49. The molecule has 0 atom stereocenters. The Labute approximate surface area is 164 Å². The van der Waals surface area contributed by atoms with Crippen LogP contribution in [-0.4, -0.2) is 37.5 Å². The molecule has 5 nitrogen and oxygen atoms in total. The number of carbonyl (C=O) groups is 1. The smallest absolute Gasteiger partial charge is 0.243 e. The quantitative estimate of drug-likeness (QED) is 0.684. The normalized spacial score (nSPS) is 11.6. The third-order valence-corrected chi connectivity index (χ3v) is 6.93. The number of amides is 1. The molecule has 0 aliphatic rings. The zero-order valence-corrected chi connectivity index (χ0v) is 16.9. The minimum Gasteiger partial charge on any atom is -0.325 e. The monoisotopic (exact) mass is 410 g/mol. The van der Waals surface area contributed by atoms with Crippen LogP contribution in [0.15, 0.2) is 53.4 Å². The van der Waals surface area contributed by atoms with Crippen LogP contribution in [-0.2, 0) is 20.6 Å². The average molecular weight is 411 g/mol. The van der Waals surface area contributed by atoms with Gasteiger partial charge in [0.15, 0.2) is 0 Å². The zero-order valence-electron chi connectivity index (χ0n) is 15.3. The molecule has 0 spiro atoms. The van der Waals surface area contributed by atoms with Gasteiger partial charge < -0.3 is 5.32 Å². The van der Waals surface area contributed by atoms with Crippen molar-refractivity contribution in [2.45, 2.75) is 24.5 Å². The number of thioether (sulfide) groups is 1. The van der Waals surface area contributed by atoms with E-state index in [0.717, 1.165) is 5.56 Å². The molecule has 0 aliphatic carbocycles. The van der Waals surface area contributed by atoms with Gasteiger partial charge in [-0.2, -0.15) is 4.31 Å². The van der Waals surface area contributed by atoms with E-state index in [9.17, 15) is 17.6 Å². The molecule has 0 bridgehead atoms. The molecular weight excluding hydrogens is 387 g/mol. The summed E-state index contributed by atoms with van der Waals surface area (Å²) in [5.41, 5.74) is 1.37. The molecule has 146 valence electrons. The molecule has 0 heterocycles. The summed E-state index contributed by atoms with van der Waals surface area (Å²) in [6.45, 7) is 4.33. The molecule has 2 aromatic carbocycles. The minimum atomic E-state index is -3.57. The molecule has 0 radical (unpaired) electrons. The zero-order chi connectivity index (χ0) is 19.9. The minimum absolute atomic E-state index is 0.156. The number of benzene rings is 2. The second-order valence-corrected chi connectivity index (χ2v) is 8.71. The summed E-state index contributed by atoms with van der Waals surface area (Å²) >= 11 is 1.40. The first-order valence-electron chi connectivity index (χ1n) is 8.59. The van der Waals surface area contributed by atoms with E-state index >= 15 is 0 Å². The number of nitrogens with one attached hydrogen (secondary N) is 1. The Kier molecular flexibility index (Phi) is 7.82. The average Bonchev–Trinajstić information content (AvgIpc) is 2.64. The van der Waals surface area contributed by atoms with Crippen molar-refractivity contribution in [3.8, 4) is 0 Å². The highest BCUT2D eigenvalue weighted by Gasteiger charge is 2.21. The van der Waals surface area contributed by atoms with Crippen LogP contribution >= 0.6 is 11.8 Å². The van der Waals surface area contributed by atoms with Crippen LogP contribution in [0, 0.1) is 5.82 Å². The first-order valence-corrected chi connectivity index (χ1v) is 11.2. The predicted molar refractivity (Wildman–Crippen MR) is 108 cm³/mol. The van der Waals surface area contributed by atoms with Crippen molar-refractivity contribution in [3.63, 3.8) is 0 Å². The van der Waals surface area contributed by atoms with Crippen molar-refractivity contribution in [2.75, 3.05) is 24.2 Å². The Bertz CT molecular complexity index is 867. The van der Waals surface area contributed by atoms with Gasteiger partial charge in [0, 0.05) is 24.5 Å². The highest BCUT2D eigenvalue weighted by Crippen LogP contribution is 2.20. The number of nitrogens with zero attached hydrogens (tertiary/aromatic N) is 1. The maximum absolute atomic E-state index is 12.9. The summed E-state index contributed by atoms with van der Waals surface area (Å²) in [5, 5.41) is 2.72. The molecule has 27 heavy (non-hydrogen) atoms. The molecule has 1 amide bonds. The lowest BCUT2D eigenvalue weighted by Gasteiger charge is -2.18. The van der Waals surface area contributed by atoms with Crippen LogP contribution in [0.3, 0.4) is 0 Å². The lowest BCUT2D eigenvalue weighted by atomic mass is 10.2. The van der Waals surface area contributed by atoms with Crippen molar-refractivity contribution < 1.29 is 17.6 Å². The van der Waals surface area contributed by atoms with E-state index in [4.69, 9.17) is 0 Å². The van der Waals surface area contributed by atoms with Gasteiger partial charge in [0.2, 0.25) is 15.9 Å². The number of halogens is 1. The number of sulfonamides is 1. The second kappa shape index (κ2) is 9.87. The Balaban J connectivity index is 1.95. The van der Waals surface area contributed by atoms with Gasteiger partial charge in [-0.3, -0.25) is 4.79 Å². The summed E-state index contributed by atoms with van der Waals surface area (Å²) in [7, 11) is -3.57. The van der Waals surface area contributed by atoms with E-state index < -0.39 is 10.0 Å². The van der Waals surface area contributed by atoms with Crippen LogP contribution in [0.25, 0.3) is 0 Å². The first kappa shape index (κ1) is 21.4. The molecule has 0 saturated heterocycles. The van der Waals surface area contributed by atoms with Crippen molar-refractivity contribution in [2.24, 2.45) is 0 Å². The number of carbonyl (C=O) groups excluding carboxylic acids is 1. The molecule has 0 saturated carbocycles. The van der Waals surface area contributed by atoms with Crippen molar-refractivity contribution in [1.82, 2.24) is 4.31 Å². The van der Waals surface area contributed by atoms with Gasteiger partial charge in [0.05, 0.1) is 10.6 Å². The van der Waals surface area contributed by atoms with Crippen LogP contribution < -0.4 is 5.32 Å². The second-order valence-electron chi connectivity index (χ2n) is 5.78. The standard InChI is InChI=1S/C19H23FN2O3S2/c1-3-22(4-2)27(24,25)18-7-5-6-17(12-18)21-19(23)14-26-13-15-8-10-16(20)11-9-15/h5-12H,3-4,13-14H2,1-2H3,(H,21,23). The predicted octanol–water partition coefficient (Wildman–Crippen LogP) is 3.73. The van der Waals surface area contributed by atoms with Crippen LogP contribution in [0.1, 0.15) is 19.4 Å². The summed E-state index contributed by atoms with van der Waals surface area (Å²) in [6.07, 6.45) is 0. The number of hydrogen-bond acceptors (Lipinski definition) is 4. The van der Waals surface area contributed by atoms with E-state index in [2.05, 4.69) is 5.32 Å². The van der Waals surface area contributed by atoms with E-state index in [1.54, 1.807) is 38.1 Å². The Hall–Kier alpha value is -1.90. The van der Waals surface area contributed by atoms with Crippen LogP contribution in [0.4, 0.5) is 10.1 Å². The lowest BCUT2D eigenvalue weighted by molar-refractivity contribution is -0.113. The van der Waals surface area contributed by atoms with Crippen LogP contribution in [0.2, 0.25) is 0 Å². The van der Waals surface area contributed by atoms with Gasteiger partial charge in [-0.15, -0.1) is 11.8 Å². The van der Waals surface area contributed by atoms with Gasteiger partial charge >= 0.3 is 0 Å². The largest absolute Gasteiger partial charge is 0.325 e. The van der Waals surface area contributed by atoms with E-state index in [-0.39, 0.29) is 22.4 Å². The highest BCUT2D eigenvalue weighted by atomic mass is 32.2. The SMILES string of the molecule is CCN(CC)S(=O)(=O)c1cccc(NC(=O)CSCc2ccc(F)cc2)c1. The fraction of sp³-hybridized carbons (Fsp3) is 0.316. The molecule has 0 aliphatic heterocycles. The van der Waals surface area contributed by atoms with Gasteiger partial charge in [-0.25, -0.2) is 12.8 Å². The molecule has 2 aromatic rings. The number of hydrogen-bond donors (Lipinski definition) is 1. The molecule has 0 unspecified atom stereocenters. The summed E-state index contributed by atoms with van der Waals surface area (Å²) < 4.78 is 39.4. The third kappa shape index (κ3) is 6.05. The maximum atomic E-state index is 12.9. The summed E-state index contributed by atoms with van der Waals surface area (Å²) in [4.78, 5) is 12.3. The molecule has 8 heteroatoms. The van der Waals surface area contributed by atoms with Crippen molar-refractivity contribution >= 4 is 33.4 Å². The molecule has 0 aromatic heterocycles. The Morgan fingerprint density at radius 2 is 1.78 bits per heavy atom. The molecular formula is C19H23FN2O3S2. The van der Waals surface area contributed by atoms with Gasteiger partial charge in [-0.05, 0) is 35.9 Å². The molecule has 1 N–H and O–H groups in total. The van der Waals surface area contributed by atoms with Gasteiger partial charge in [-0.1, -0.05) is 32.0 Å². The third-order valence-electron chi connectivity index (χ3n) is 3.88. The van der Waals surface area contributed by atoms with E-state index in [1.165, 1.54) is 40.3 Å². The molecule has 0 fully saturated rings. The van der Waals surface area contributed by atoms with Crippen molar-refractivity contribution in [3.05, 3.63) is 59.9 Å². The summed E-state index contributed by atoms with van der Waals surface area (Å²) in [6, 6.07) is 12.4. The Morgan fingerprint density at radius 1 is 1.11 bits per heavy atom. The summed E-state index contributed by atoms with van der Waals surface area (Å²) in [5.74, 6) is 0.287. The van der Waals surface area contributed by atoms with Gasteiger partial charge in [0.25, 0.3) is 0 Å². The van der Waals surface area contributed by atoms with E-state index in [0.29, 0.717) is 24.5 Å². The highest BCUT2D eigenvalue weighted by molar-refractivity contribution is 7.99. The van der Waals surface area contributed by atoms with E-state index in [1.807, 2.05) is 0 Å². The van der Waals surface area contributed by atoms with Crippen molar-refractivity contribution in [1.29, 1.82) is 0 Å². The maximum Gasteiger partial charge on any atom is 0.243 e. The molecule has 2 rings (SSSR count). The van der Waals surface area contributed by atoms with Crippen LogP contribution in [0.5, 0.6) is 0 Å². The number of rotatable bonds is 9. The van der Waals surface area contributed by atoms with Gasteiger partial charge in [0.1, 0.15) is 5.82 Å². The fourth-order valence-corrected chi connectivity index (χ4v) is 4.78. The lowest BCUT2D eigenvalue weighted by Crippen LogP contribution is -2.30. The Morgan fingerprint density at radius 3 is 2.41 bits per heavy atom. The number of anilines is 1. The topological polar surface area (TPSA) is 66.5 Å². The first-order chi connectivity index (χ1) is 12.9.